The Hall–Kier alpha value is -4.60. The van der Waals surface area contributed by atoms with Crippen molar-refractivity contribution in [3.8, 4) is 34.5 Å². The molecule has 11 heteroatoms. The molecule has 6 rings (SSSR count). The van der Waals surface area contributed by atoms with E-state index in [1.54, 1.807) is 26.0 Å². The second-order valence-electron chi connectivity index (χ2n) is 11.1. The van der Waals surface area contributed by atoms with E-state index in [1.165, 1.54) is 35.4 Å². The number of aryl methyl sites for hydroxylation is 2. The molecule has 10 nitrogen and oxygen atoms in total. The van der Waals surface area contributed by atoms with Crippen LogP contribution < -0.4 is 0 Å². The van der Waals surface area contributed by atoms with Gasteiger partial charge in [-0.1, -0.05) is 12.1 Å². The Balaban J connectivity index is 0.000000200. The quantitative estimate of drug-likeness (QED) is 0.0950. The zero-order valence-corrected chi connectivity index (χ0v) is 26.2. The number of phenols is 6. The maximum atomic E-state index is 10.1. The second-order valence-corrected chi connectivity index (χ2v) is 11.1. The molecule has 0 saturated carbocycles. The standard InChI is InChI=1S/2C17H18N2O3.Fe/c2*1-10-14(20)9-7-13(17(10)22)18-19-16-12-5-3-2-4-11(12)6-8-15(16)21;/h2*6-9,20-22H,2-5H2,1H3;. The van der Waals surface area contributed by atoms with Crippen molar-refractivity contribution in [2.45, 2.75) is 65.2 Å². The molecule has 0 amide bonds. The van der Waals surface area contributed by atoms with Gasteiger partial charge in [-0.15, -0.1) is 20.5 Å². The summed E-state index contributed by atoms with van der Waals surface area (Å²) in [5.74, 6) is 0.00707. The van der Waals surface area contributed by atoms with Gasteiger partial charge in [0.25, 0.3) is 0 Å². The van der Waals surface area contributed by atoms with E-state index in [2.05, 4.69) is 20.5 Å². The first-order valence-electron chi connectivity index (χ1n) is 14.7. The summed E-state index contributed by atoms with van der Waals surface area (Å²) in [6.07, 6.45) is 8.16. The Bertz CT molecular complexity index is 1640. The molecule has 2 aliphatic rings. The van der Waals surface area contributed by atoms with Crippen molar-refractivity contribution in [3.05, 3.63) is 81.9 Å². The number of hydrogen-bond donors (Lipinski definition) is 6. The molecule has 45 heavy (non-hydrogen) atoms. The van der Waals surface area contributed by atoms with Crippen LogP contribution in [0.4, 0.5) is 22.7 Å². The van der Waals surface area contributed by atoms with Gasteiger partial charge >= 0.3 is 0 Å². The first-order chi connectivity index (χ1) is 21.2. The van der Waals surface area contributed by atoms with Gasteiger partial charge in [-0.25, -0.2) is 0 Å². The molecule has 236 valence electrons. The SMILES string of the molecule is Cc1c(O)ccc(N=Nc2c(O)ccc3c2CCCC3)c1O.Cc1c(O)ccc(N=Nc2c(O)ccc3c2CCCC3)c1O.[Fe]. The van der Waals surface area contributed by atoms with Crippen molar-refractivity contribution in [2.75, 3.05) is 0 Å². The number of fused-ring (bicyclic) bond motifs is 2. The summed E-state index contributed by atoms with van der Waals surface area (Å²) in [5, 5.41) is 75.6. The second kappa shape index (κ2) is 14.5. The van der Waals surface area contributed by atoms with Crippen LogP contribution >= 0.6 is 0 Å². The molecule has 0 atom stereocenters. The summed E-state index contributed by atoms with van der Waals surface area (Å²) >= 11 is 0. The van der Waals surface area contributed by atoms with Gasteiger partial charge in [0.15, 0.2) is 0 Å². The van der Waals surface area contributed by atoms with Gasteiger partial charge in [-0.05, 0) is 124 Å². The van der Waals surface area contributed by atoms with Gasteiger partial charge in [0.2, 0.25) is 0 Å². The molecule has 4 aromatic rings. The third kappa shape index (κ3) is 7.21. The summed E-state index contributed by atoms with van der Waals surface area (Å²) in [6, 6.07) is 13.1. The molecule has 0 unspecified atom stereocenters. The van der Waals surface area contributed by atoms with Crippen LogP contribution in [0.5, 0.6) is 34.5 Å². The average molecular weight is 653 g/mol. The van der Waals surface area contributed by atoms with Crippen LogP contribution in [0.2, 0.25) is 0 Å². The fourth-order valence-corrected chi connectivity index (χ4v) is 5.54. The largest absolute Gasteiger partial charge is 0.508 e. The smallest absolute Gasteiger partial charge is 0.149 e. The van der Waals surface area contributed by atoms with Crippen LogP contribution in [0.15, 0.2) is 69.0 Å². The van der Waals surface area contributed by atoms with Crippen LogP contribution in [0.3, 0.4) is 0 Å². The average Bonchev–Trinajstić information content (AvgIpc) is 3.03. The fraction of sp³-hybridized carbons (Fsp3) is 0.294. The van der Waals surface area contributed by atoms with E-state index in [1.807, 2.05) is 12.1 Å². The van der Waals surface area contributed by atoms with Gasteiger partial charge in [0, 0.05) is 28.2 Å². The molecule has 0 bridgehead atoms. The molecular weight excluding hydrogens is 616 g/mol. The van der Waals surface area contributed by atoms with Gasteiger partial charge in [0.1, 0.15) is 57.2 Å². The number of nitrogens with zero attached hydrogens (tertiary/aromatic N) is 4. The van der Waals surface area contributed by atoms with E-state index < -0.39 is 0 Å². The molecule has 0 aliphatic heterocycles. The van der Waals surface area contributed by atoms with Gasteiger partial charge in [0.05, 0.1) is 0 Å². The topological polar surface area (TPSA) is 171 Å². The third-order valence-electron chi connectivity index (χ3n) is 8.24. The Labute approximate surface area is 272 Å². The van der Waals surface area contributed by atoms with Crippen molar-refractivity contribution < 1.29 is 47.7 Å². The summed E-state index contributed by atoms with van der Waals surface area (Å²) in [5.41, 5.74) is 6.66. The van der Waals surface area contributed by atoms with Crippen molar-refractivity contribution in [1.29, 1.82) is 0 Å². The number of azo groups is 2. The van der Waals surface area contributed by atoms with Crippen LogP contribution in [-0.2, 0) is 42.8 Å². The normalized spacial score (nSPS) is 13.9. The number of phenolic OH excluding ortho intramolecular Hbond substituents is 6. The molecule has 0 aromatic heterocycles. The summed E-state index contributed by atoms with van der Waals surface area (Å²) in [7, 11) is 0. The minimum atomic E-state index is -0.104. The van der Waals surface area contributed by atoms with E-state index in [0.717, 1.165) is 62.5 Å². The van der Waals surface area contributed by atoms with Crippen LogP contribution in [0.25, 0.3) is 0 Å². The maximum Gasteiger partial charge on any atom is 0.149 e. The van der Waals surface area contributed by atoms with Crippen molar-refractivity contribution in [2.24, 2.45) is 20.5 Å². The predicted molar refractivity (Wildman–Crippen MR) is 167 cm³/mol. The van der Waals surface area contributed by atoms with Gasteiger partial charge in [-0.3, -0.25) is 0 Å². The Morgan fingerprint density at radius 3 is 1.20 bits per heavy atom. The molecular formula is C34H36FeN4O6. The molecule has 0 radical (unpaired) electrons. The van der Waals surface area contributed by atoms with E-state index in [0.29, 0.717) is 22.5 Å². The summed E-state index contributed by atoms with van der Waals surface area (Å²) < 4.78 is 0. The molecule has 2 aliphatic carbocycles. The first-order valence-corrected chi connectivity index (χ1v) is 14.7. The van der Waals surface area contributed by atoms with E-state index in [4.69, 9.17) is 0 Å². The zero-order chi connectivity index (χ0) is 31.4. The van der Waals surface area contributed by atoms with Crippen LogP contribution in [0, 0.1) is 13.8 Å². The molecule has 0 spiro atoms. The van der Waals surface area contributed by atoms with Crippen molar-refractivity contribution >= 4 is 22.7 Å². The minimum absolute atomic E-state index is 0. The van der Waals surface area contributed by atoms with Gasteiger partial charge in [-0.2, -0.15) is 0 Å². The number of rotatable bonds is 4. The predicted octanol–water partition coefficient (Wildman–Crippen LogP) is 8.81. The zero-order valence-electron chi connectivity index (χ0n) is 25.1. The Kier molecular flexibility index (Phi) is 10.7. The summed E-state index contributed by atoms with van der Waals surface area (Å²) in [4.78, 5) is 0. The number of aromatic hydroxyl groups is 6. The number of benzene rings is 4. The van der Waals surface area contributed by atoms with Crippen LogP contribution in [-0.4, -0.2) is 30.6 Å². The molecule has 6 N–H and O–H groups in total. The molecule has 0 heterocycles. The third-order valence-corrected chi connectivity index (χ3v) is 8.24. The van der Waals surface area contributed by atoms with E-state index in [9.17, 15) is 30.6 Å². The summed E-state index contributed by atoms with van der Waals surface area (Å²) in [6.45, 7) is 3.21. The number of hydrogen-bond acceptors (Lipinski definition) is 10. The van der Waals surface area contributed by atoms with Crippen molar-refractivity contribution in [3.63, 3.8) is 0 Å². The van der Waals surface area contributed by atoms with E-state index in [-0.39, 0.29) is 62.9 Å². The minimum Gasteiger partial charge on any atom is -0.508 e. The molecule has 0 fully saturated rings. The van der Waals surface area contributed by atoms with Crippen LogP contribution in [0.1, 0.15) is 59.1 Å². The maximum absolute atomic E-state index is 10.1. The Morgan fingerprint density at radius 2 is 0.800 bits per heavy atom. The molecule has 4 aromatic carbocycles. The van der Waals surface area contributed by atoms with Crippen molar-refractivity contribution in [1.82, 2.24) is 0 Å². The van der Waals surface area contributed by atoms with E-state index >= 15 is 0 Å². The monoisotopic (exact) mass is 652 g/mol. The van der Waals surface area contributed by atoms with Gasteiger partial charge < -0.3 is 30.6 Å². The molecule has 0 saturated heterocycles. The fourth-order valence-electron chi connectivity index (χ4n) is 5.54. The Morgan fingerprint density at radius 1 is 0.444 bits per heavy atom. The first kappa shape index (κ1) is 33.3.